The Morgan fingerprint density at radius 3 is 2.64 bits per heavy atom. The molecule has 10 heteroatoms. The number of benzene rings is 1. The minimum Gasteiger partial charge on any atom is -0.504 e. The summed E-state index contributed by atoms with van der Waals surface area (Å²) in [6, 6.07) is 5.17. The van der Waals surface area contributed by atoms with Crippen molar-refractivity contribution in [2.45, 2.75) is 0 Å². The zero-order chi connectivity index (χ0) is 19.8. The predicted octanol–water partition coefficient (Wildman–Crippen LogP) is 2.72. The number of hydrogen-bond acceptors (Lipinski definition) is 7. The number of morpholine rings is 1. The van der Waals surface area contributed by atoms with Crippen LogP contribution in [0.4, 0.5) is 10.3 Å². The normalized spacial score (nSPS) is 14.4. The molecule has 0 amide bonds. The van der Waals surface area contributed by atoms with Gasteiger partial charge in [-0.05, 0) is 18.2 Å². The zero-order valence-electron chi connectivity index (χ0n) is 14.4. The number of rotatable bonds is 3. The van der Waals surface area contributed by atoms with Gasteiger partial charge in [-0.3, -0.25) is 0 Å². The first-order chi connectivity index (χ1) is 13.5. The number of aromatic nitrogens is 3. The Morgan fingerprint density at radius 2 is 1.93 bits per heavy atom. The van der Waals surface area contributed by atoms with Crippen molar-refractivity contribution < 1.29 is 24.1 Å². The Morgan fingerprint density at radius 1 is 1.18 bits per heavy atom. The average molecular weight is 405 g/mol. The van der Waals surface area contributed by atoms with Crippen LogP contribution in [0.5, 0.6) is 5.75 Å². The van der Waals surface area contributed by atoms with Gasteiger partial charge in [-0.15, -0.1) is 0 Å². The molecule has 1 fully saturated rings. The van der Waals surface area contributed by atoms with Crippen molar-refractivity contribution in [2.75, 3.05) is 31.2 Å². The number of aromatic carboxylic acids is 1. The molecule has 1 aliphatic rings. The summed E-state index contributed by atoms with van der Waals surface area (Å²) in [6.45, 7) is 2.06. The highest BCUT2D eigenvalue weighted by Crippen LogP contribution is 2.36. The predicted molar refractivity (Wildman–Crippen MR) is 99.4 cm³/mol. The third-order valence-corrected chi connectivity index (χ3v) is 4.64. The Bertz CT molecular complexity index is 1090. The molecule has 0 unspecified atom stereocenters. The molecule has 0 bridgehead atoms. The van der Waals surface area contributed by atoms with Gasteiger partial charge in [-0.2, -0.15) is 0 Å². The number of carboxylic acid groups (broad SMARTS) is 1. The van der Waals surface area contributed by atoms with Crippen LogP contribution in [0, 0.1) is 5.82 Å². The molecule has 0 spiro atoms. The number of nitrogens with zero attached hydrogens (tertiary/aromatic N) is 4. The highest BCUT2D eigenvalue weighted by atomic mass is 35.5. The topological polar surface area (TPSA) is 109 Å². The Labute approximate surface area is 163 Å². The minimum absolute atomic E-state index is 0.0582. The van der Waals surface area contributed by atoms with Gasteiger partial charge in [0.2, 0.25) is 5.95 Å². The van der Waals surface area contributed by atoms with Crippen LogP contribution in [-0.2, 0) is 4.74 Å². The number of anilines is 1. The van der Waals surface area contributed by atoms with Gasteiger partial charge in [0.05, 0.1) is 18.2 Å². The maximum Gasteiger partial charge on any atom is 0.354 e. The second kappa shape index (κ2) is 7.17. The third-order valence-electron chi connectivity index (χ3n) is 4.35. The maximum atomic E-state index is 13.9. The molecular weight excluding hydrogens is 391 g/mol. The molecule has 2 N–H and O–H groups in total. The SMILES string of the molecule is O=C(O)c1cc(Cl)c2nc(N3CCOCC3)nc(-c3cccc(F)c3O)c2n1. The molecule has 1 aromatic carbocycles. The third kappa shape index (κ3) is 3.19. The number of ether oxygens (including phenoxy) is 1. The molecule has 4 rings (SSSR count). The highest BCUT2D eigenvalue weighted by molar-refractivity contribution is 6.35. The lowest BCUT2D eigenvalue weighted by atomic mass is 10.1. The van der Waals surface area contributed by atoms with Gasteiger partial charge in [0.25, 0.3) is 0 Å². The smallest absolute Gasteiger partial charge is 0.354 e. The molecule has 3 heterocycles. The Kier molecular flexibility index (Phi) is 4.70. The van der Waals surface area contributed by atoms with Crippen molar-refractivity contribution in [3.05, 3.63) is 40.8 Å². The summed E-state index contributed by atoms with van der Waals surface area (Å²) < 4.78 is 19.3. The number of pyridine rings is 1. The van der Waals surface area contributed by atoms with Crippen molar-refractivity contribution in [2.24, 2.45) is 0 Å². The van der Waals surface area contributed by atoms with Gasteiger partial charge in [0.15, 0.2) is 17.3 Å². The molecule has 1 aliphatic heterocycles. The number of para-hydroxylation sites is 1. The minimum atomic E-state index is -1.28. The molecule has 144 valence electrons. The Balaban J connectivity index is 2.03. The van der Waals surface area contributed by atoms with E-state index >= 15 is 0 Å². The molecule has 0 aliphatic carbocycles. The second-order valence-corrected chi connectivity index (χ2v) is 6.51. The first kappa shape index (κ1) is 18.3. The number of hydrogen-bond donors (Lipinski definition) is 2. The van der Waals surface area contributed by atoms with Gasteiger partial charge in [-0.25, -0.2) is 24.1 Å². The van der Waals surface area contributed by atoms with E-state index in [1.54, 1.807) is 0 Å². The van der Waals surface area contributed by atoms with Crippen molar-refractivity contribution >= 4 is 34.6 Å². The monoisotopic (exact) mass is 404 g/mol. The lowest BCUT2D eigenvalue weighted by Crippen LogP contribution is -2.37. The molecule has 3 aromatic rings. The van der Waals surface area contributed by atoms with Gasteiger partial charge in [-0.1, -0.05) is 17.7 Å². The van der Waals surface area contributed by atoms with E-state index in [-0.39, 0.29) is 33.0 Å². The molecule has 0 saturated carbocycles. The number of carbonyl (C=O) groups is 1. The zero-order valence-corrected chi connectivity index (χ0v) is 15.1. The van der Waals surface area contributed by atoms with Gasteiger partial charge in [0.1, 0.15) is 16.7 Å². The van der Waals surface area contributed by atoms with E-state index in [4.69, 9.17) is 16.3 Å². The molecule has 2 aromatic heterocycles. The summed E-state index contributed by atoms with van der Waals surface area (Å²) in [4.78, 5) is 26.2. The van der Waals surface area contributed by atoms with E-state index in [2.05, 4.69) is 15.0 Å². The fourth-order valence-corrected chi connectivity index (χ4v) is 3.20. The summed E-state index contributed by atoms with van der Waals surface area (Å²) >= 11 is 6.27. The number of phenolic OH excluding ortho intramolecular Hbond substituents is 1. The summed E-state index contributed by atoms with van der Waals surface area (Å²) in [6.07, 6.45) is 0. The summed E-state index contributed by atoms with van der Waals surface area (Å²) in [5, 5.41) is 19.6. The summed E-state index contributed by atoms with van der Waals surface area (Å²) in [5.74, 6) is -2.43. The van der Waals surface area contributed by atoms with Crippen molar-refractivity contribution in [3.63, 3.8) is 0 Å². The average Bonchev–Trinajstić information content (AvgIpc) is 2.70. The maximum absolute atomic E-state index is 13.9. The van der Waals surface area contributed by atoms with E-state index in [9.17, 15) is 19.4 Å². The first-order valence-corrected chi connectivity index (χ1v) is 8.75. The van der Waals surface area contributed by atoms with Crippen molar-refractivity contribution in [3.8, 4) is 17.0 Å². The van der Waals surface area contributed by atoms with E-state index in [1.165, 1.54) is 18.2 Å². The van der Waals surface area contributed by atoms with Crippen LogP contribution in [0.3, 0.4) is 0 Å². The van der Waals surface area contributed by atoms with Crippen LogP contribution in [0.15, 0.2) is 24.3 Å². The standard InChI is InChI=1S/C18H14ClFN4O4/c19-10-8-12(17(26)27)21-15-13(9-2-1-3-11(20)16(9)25)22-18(23-14(10)15)24-4-6-28-7-5-24/h1-3,8,25H,4-7H2,(H,26,27). The van der Waals surface area contributed by atoms with Crippen molar-refractivity contribution in [1.82, 2.24) is 15.0 Å². The van der Waals surface area contributed by atoms with E-state index in [0.717, 1.165) is 6.07 Å². The molecule has 8 nitrogen and oxygen atoms in total. The lowest BCUT2D eigenvalue weighted by molar-refractivity contribution is 0.0691. The van der Waals surface area contributed by atoms with E-state index in [1.807, 2.05) is 4.90 Å². The molecule has 28 heavy (non-hydrogen) atoms. The fraction of sp³-hybridized carbons (Fsp3) is 0.222. The summed E-state index contributed by atoms with van der Waals surface area (Å²) in [5.41, 5.74) is 0.114. The van der Waals surface area contributed by atoms with E-state index in [0.29, 0.717) is 32.3 Å². The highest BCUT2D eigenvalue weighted by Gasteiger charge is 2.23. The molecule has 0 atom stereocenters. The fourth-order valence-electron chi connectivity index (χ4n) is 2.97. The molecular formula is C18H14ClFN4O4. The number of phenols is 1. The van der Waals surface area contributed by atoms with Crippen LogP contribution >= 0.6 is 11.6 Å². The second-order valence-electron chi connectivity index (χ2n) is 6.10. The van der Waals surface area contributed by atoms with Gasteiger partial charge >= 0.3 is 5.97 Å². The quantitative estimate of drug-likeness (QED) is 0.686. The van der Waals surface area contributed by atoms with Crippen LogP contribution in [0.25, 0.3) is 22.3 Å². The number of fused-ring (bicyclic) bond motifs is 1. The number of aromatic hydroxyl groups is 1. The number of carboxylic acids is 1. The van der Waals surface area contributed by atoms with Crippen LogP contribution in [0.2, 0.25) is 5.02 Å². The first-order valence-electron chi connectivity index (χ1n) is 8.38. The Hall–Kier alpha value is -3.04. The number of halogens is 2. The van der Waals surface area contributed by atoms with Gasteiger partial charge < -0.3 is 19.8 Å². The molecule has 1 saturated heterocycles. The molecule has 0 radical (unpaired) electrons. The van der Waals surface area contributed by atoms with Crippen molar-refractivity contribution in [1.29, 1.82) is 0 Å². The largest absolute Gasteiger partial charge is 0.504 e. The van der Waals surface area contributed by atoms with Crippen LogP contribution in [0.1, 0.15) is 10.5 Å². The summed E-state index contributed by atoms with van der Waals surface area (Å²) in [7, 11) is 0. The van der Waals surface area contributed by atoms with Crippen LogP contribution < -0.4 is 4.90 Å². The lowest BCUT2D eigenvalue weighted by Gasteiger charge is -2.27. The van der Waals surface area contributed by atoms with E-state index < -0.39 is 17.5 Å². The van der Waals surface area contributed by atoms with Gasteiger partial charge in [0, 0.05) is 18.7 Å². The van der Waals surface area contributed by atoms with Crippen LogP contribution in [-0.4, -0.2) is 57.4 Å².